The first kappa shape index (κ1) is 28.6. The van der Waals surface area contributed by atoms with Gasteiger partial charge in [0.1, 0.15) is 12.6 Å². The van der Waals surface area contributed by atoms with Crippen molar-refractivity contribution in [2.24, 2.45) is 0 Å². The Kier molecular flexibility index (Phi) is 10.1. The molecular formula is C25H35ClN4O4S. The minimum Gasteiger partial charge on any atom is -0.355 e. The number of benzene rings is 2. The largest absolute Gasteiger partial charge is 0.355 e. The van der Waals surface area contributed by atoms with Crippen molar-refractivity contribution in [1.82, 2.24) is 14.5 Å². The molecule has 192 valence electrons. The lowest BCUT2D eigenvalue weighted by Crippen LogP contribution is -2.53. The molecule has 0 saturated heterocycles. The van der Waals surface area contributed by atoms with E-state index in [1.165, 1.54) is 19.0 Å². The Morgan fingerprint density at radius 2 is 1.71 bits per heavy atom. The molecule has 2 amide bonds. The number of rotatable bonds is 11. The molecule has 0 radical (unpaired) electrons. The molecule has 0 aromatic heterocycles. The van der Waals surface area contributed by atoms with Crippen molar-refractivity contribution in [3.8, 4) is 0 Å². The summed E-state index contributed by atoms with van der Waals surface area (Å²) in [6.07, 6.45) is 0.353. The van der Waals surface area contributed by atoms with Crippen LogP contribution in [0.25, 0.3) is 0 Å². The lowest BCUT2D eigenvalue weighted by atomic mass is 10.1. The van der Waals surface area contributed by atoms with Crippen LogP contribution in [0, 0.1) is 13.8 Å². The van der Waals surface area contributed by atoms with E-state index in [0.717, 1.165) is 14.2 Å². The highest BCUT2D eigenvalue weighted by Crippen LogP contribution is 2.26. The summed E-state index contributed by atoms with van der Waals surface area (Å²) in [5, 5.41) is 3.24. The zero-order chi connectivity index (χ0) is 26.3. The predicted octanol–water partition coefficient (Wildman–Crippen LogP) is 3.51. The van der Waals surface area contributed by atoms with Crippen molar-refractivity contribution in [3.63, 3.8) is 0 Å². The fourth-order valence-corrected chi connectivity index (χ4v) is 5.02. The molecule has 0 bridgehead atoms. The minimum atomic E-state index is -4.01. The normalized spacial score (nSPS) is 12.3. The molecule has 1 N–H and O–H groups in total. The molecule has 2 aromatic carbocycles. The molecule has 0 fully saturated rings. The maximum Gasteiger partial charge on any atom is 0.304 e. The lowest BCUT2D eigenvalue weighted by molar-refractivity contribution is -0.140. The lowest BCUT2D eigenvalue weighted by Gasteiger charge is -2.34. The second-order valence-corrected chi connectivity index (χ2v) is 11.0. The summed E-state index contributed by atoms with van der Waals surface area (Å²) in [5.41, 5.74) is 2.65. The molecule has 0 unspecified atom stereocenters. The molecule has 0 aliphatic rings. The van der Waals surface area contributed by atoms with Crippen LogP contribution < -0.4 is 9.62 Å². The van der Waals surface area contributed by atoms with E-state index in [-0.39, 0.29) is 12.5 Å². The number of halogens is 1. The van der Waals surface area contributed by atoms with E-state index in [2.05, 4.69) is 5.32 Å². The zero-order valence-corrected chi connectivity index (χ0v) is 22.8. The molecule has 0 saturated carbocycles. The first-order valence-electron chi connectivity index (χ1n) is 11.5. The first-order chi connectivity index (χ1) is 16.4. The van der Waals surface area contributed by atoms with Gasteiger partial charge in [0.05, 0.1) is 5.69 Å². The van der Waals surface area contributed by atoms with Gasteiger partial charge >= 0.3 is 10.2 Å². The van der Waals surface area contributed by atoms with E-state index in [1.54, 1.807) is 44.2 Å². The molecule has 0 spiro atoms. The molecule has 35 heavy (non-hydrogen) atoms. The van der Waals surface area contributed by atoms with Crippen LogP contribution in [0.15, 0.2) is 42.5 Å². The van der Waals surface area contributed by atoms with Crippen LogP contribution in [0.4, 0.5) is 5.69 Å². The summed E-state index contributed by atoms with van der Waals surface area (Å²) in [4.78, 5) is 28.1. The van der Waals surface area contributed by atoms with Gasteiger partial charge in [-0.3, -0.25) is 9.59 Å². The molecule has 10 heteroatoms. The third-order valence-corrected chi connectivity index (χ3v) is 7.86. The van der Waals surface area contributed by atoms with Gasteiger partial charge in [0.25, 0.3) is 0 Å². The van der Waals surface area contributed by atoms with Crippen LogP contribution in [0.5, 0.6) is 0 Å². The Morgan fingerprint density at radius 3 is 2.29 bits per heavy atom. The van der Waals surface area contributed by atoms with Gasteiger partial charge in [0.2, 0.25) is 11.8 Å². The van der Waals surface area contributed by atoms with E-state index in [0.29, 0.717) is 34.8 Å². The second-order valence-electron chi connectivity index (χ2n) is 8.52. The van der Waals surface area contributed by atoms with E-state index in [9.17, 15) is 18.0 Å². The van der Waals surface area contributed by atoms with Gasteiger partial charge in [0, 0.05) is 32.2 Å². The van der Waals surface area contributed by atoms with Gasteiger partial charge < -0.3 is 10.2 Å². The number of nitrogens with one attached hydrogen (secondary N) is 1. The predicted molar refractivity (Wildman–Crippen MR) is 141 cm³/mol. The van der Waals surface area contributed by atoms with Crippen LogP contribution >= 0.6 is 11.6 Å². The number of hydrogen-bond donors (Lipinski definition) is 1. The smallest absolute Gasteiger partial charge is 0.304 e. The van der Waals surface area contributed by atoms with Crippen LogP contribution in [0.3, 0.4) is 0 Å². The highest BCUT2D eigenvalue weighted by atomic mass is 35.5. The van der Waals surface area contributed by atoms with E-state index in [4.69, 9.17) is 11.6 Å². The topological polar surface area (TPSA) is 90.0 Å². The van der Waals surface area contributed by atoms with Crippen molar-refractivity contribution in [1.29, 1.82) is 0 Å². The van der Waals surface area contributed by atoms with Crippen molar-refractivity contribution >= 4 is 39.3 Å². The number of carbonyl (C=O) groups excluding carboxylic acids is 2. The Labute approximate surface area is 214 Å². The molecule has 2 rings (SSSR count). The maximum absolute atomic E-state index is 13.8. The van der Waals surface area contributed by atoms with E-state index < -0.39 is 28.7 Å². The Bertz CT molecular complexity index is 1150. The van der Waals surface area contributed by atoms with Gasteiger partial charge in [-0.25, -0.2) is 4.31 Å². The molecule has 2 aromatic rings. The summed E-state index contributed by atoms with van der Waals surface area (Å²) in [6.45, 7) is 7.28. The second kappa shape index (κ2) is 12.4. The third kappa shape index (κ3) is 6.96. The zero-order valence-electron chi connectivity index (χ0n) is 21.2. The van der Waals surface area contributed by atoms with Crippen LogP contribution in [0.1, 0.15) is 37.0 Å². The number of aryl methyl sites for hydroxylation is 2. The maximum atomic E-state index is 13.8. The average molecular weight is 523 g/mol. The van der Waals surface area contributed by atoms with Gasteiger partial charge in [0.15, 0.2) is 0 Å². The molecule has 0 aliphatic carbocycles. The summed E-state index contributed by atoms with van der Waals surface area (Å²) in [5.74, 6) is -0.807. The van der Waals surface area contributed by atoms with Crippen LogP contribution in [0.2, 0.25) is 5.02 Å². The number of carbonyl (C=O) groups is 2. The summed E-state index contributed by atoms with van der Waals surface area (Å²) in [6, 6.07) is 11.7. The fraction of sp³-hybridized carbons (Fsp3) is 0.440. The Hall–Kier alpha value is -2.62. The minimum absolute atomic E-state index is 0.0663. The SMILES string of the molecule is CCNC(=O)[C@@H](CC)N(Cc1ccccc1Cl)C(=O)CN(c1cc(C)ccc1C)S(=O)(=O)N(C)C. The van der Waals surface area contributed by atoms with Crippen molar-refractivity contribution < 1.29 is 18.0 Å². The van der Waals surface area contributed by atoms with Gasteiger partial charge in [-0.2, -0.15) is 12.7 Å². The molecule has 0 aliphatic heterocycles. The molecule has 0 heterocycles. The standard InChI is InChI=1S/C25H35ClN4O4S/c1-7-22(25(32)27-8-2)29(16-20-11-9-10-12-21(20)26)24(31)17-30(35(33,34)28(5)6)23-15-18(3)13-14-19(23)4/h9-15,22H,7-8,16-17H2,1-6H3,(H,27,32)/t22-/m1/s1. The highest BCUT2D eigenvalue weighted by molar-refractivity contribution is 7.90. The average Bonchev–Trinajstić information content (AvgIpc) is 2.80. The van der Waals surface area contributed by atoms with E-state index >= 15 is 0 Å². The van der Waals surface area contributed by atoms with Crippen LogP contribution in [-0.4, -0.2) is 62.7 Å². The number of anilines is 1. The van der Waals surface area contributed by atoms with E-state index in [1.807, 2.05) is 26.0 Å². The quantitative estimate of drug-likeness (QED) is 0.489. The number of nitrogens with zero attached hydrogens (tertiary/aromatic N) is 3. The summed E-state index contributed by atoms with van der Waals surface area (Å²) < 4.78 is 28.8. The van der Waals surface area contributed by atoms with Crippen molar-refractivity contribution in [2.45, 2.75) is 46.7 Å². The van der Waals surface area contributed by atoms with Crippen LogP contribution in [-0.2, 0) is 26.3 Å². The molecule has 1 atom stereocenters. The van der Waals surface area contributed by atoms with Crippen molar-refractivity contribution in [2.75, 3.05) is 31.5 Å². The van der Waals surface area contributed by atoms with Gasteiger partial charge in [-0.15, -0.1) is 0 Å². The van der Waals surface area contributed by atoms with Crippen molar-refractivity contribution in [3.05, 3.63) is 64.2 Å². The molecule has 8 nitrogen and oxygen atoms in total. The summed E-state index contributed by atoms with van der Waals surface area (Å²) in [7, 11) is -1.17. The monoisotopic (exact) mass is 522 g/mol. The Balaban J connectivity index is 2.57. The fourth-order valence-electron chi connectivity index (χ4n) is 3.71. The number of amides is 2. The third-order valence-electron chi connectivity index (χ3n) is 5.69. The highest BCUT2D eigenvalue weighted by Gasteiger charge is 2.34. The molecular weight excluding hydrogens is 488 g/mol. The number of hydrogen-bond acceptors (Lipinski definition) is 4. The Morgan fingerprint density at radius 1 is 1.06 bits per heavy atom. The summed E-state index contributed by atoms with van der Waals surface area (Å²) >= 11 is 6.36. The number of likely N-dealkylation sites (N-methyl/N-ethyl adjacent to an activating group) is 1. The first-order valence-corrected chi connectivity index (χ1v) is 13.3. The van der Waals surface area contributed by atoms with Gasteiger partial charge in [-0.1, -0.05) is 48.9 Å². The van der Waals surface area contributed by atoms with Gasteiger partial charge in [-0.05, 0) is 56.0 Å².